The number of nitro groups is 1. The summed E-state index contributed by atoms with van der Waals surface area (Å²) >= 11 is 1.43. The van der Waals surface area contributed by atoms with Gasteiger partial charge in [-0.3, -0.25) is 19.8 Å². The van der Waals surface area contributed by atoms with Gasteiger partial charge in [-0.15, -0.1) is 12.4 Å². The van der Waals surface area contributed by atoms with Crippen molar-refractivity contribution in [2.75, 3.05) is 32.1 Å². The molecule has 0 saturated heterocycles. The highest BCUT2D eigenvalue weighted by atomic mass is 35.5. The van der Waals surface area contributed by atoms with Crippen molar-refractivity contribution in [2.24, 2.45) is 0 Å². The van der Waals surface area contributed by atoms with Gasteiger partial charge >= 0.3 is 0 Å². The largest absolute Gasteiger partial charge is 0.308 e. The molecule has 1 aromatic heterocycles. The van der Waals surface area contributed by atoms with E-state index in [9.17, 15) is 14.9 Å². The smallest absolute Gasteiger partial charge is 0.270 e. The number of thiazole rings is 1. The van der Waals surface area contributed by atoms with Gasteiger partial charge < -0.3 is 4.90 Å². The minimum atomic E-state index is -0.501. The van der Waals surface area contributed by atoms with E-state index in [2.05, 4.69) is 4.98 Å². The summed E-state index contributed by atoms with van der Waals surface area (Å²) in [7, 11) is 3.85. The number of fused-ring (bicyclic) bond motifs is 1. The molecule has 0 N–H and O–H groups in total. The number of hydrogen-bond acceptors (Lipinski definition) is 6. The fraction of sp³-hybridized carbons (Fsp3) is 0.222. The predicted molar refractivity (Wildman–Crippen MR) is 110 cm³/mol. The van der Waals surface area contributed by atoms with Gasteiger partial charge in [-0.2, -0.15) is 0 Å². The fourth-order valence-corrected chi connectivity index (χ4v) is 3.46. The third-order valence-electron chi connectivity index (χ3n) is 3.83. The highest BCUT2D eigenvalue weighted by molar-refractivity contribution is 7.22. The number of para-hydroxylation sites is 1. The number of hydrogen-bond donors (Lipinski definition) is 0. The number of nitro benzene ring substituents is 1. The number of amides is 1. The number of nitrogens with zero attached hydrogens (tertiary/aromatic N) is 4. The van der Waals surface area contributed by atoms with Crippen LogP contribution in [0.4, 0.5) is 10.8 Å². The van der Waals surface area contributed by atoms with Crippen molar-refractivity contribution in [1.82, 2.24) is 9.88 Å². The van der Waals surface area contributed by atoms with Crippen LogP contribution in [0.3, 0.4) is 0 Å². The number of carbonyl (C=O) groups is 1. The Balaban J connectivity index is 0.00000261. The zero-order chi connectivity index (χ0) is 18.7. The monoisotopic (exact) mass is 406 g/mol. The zero-order valence-electron chi connectivity index (χ0n) is 14.9. The summed E-state index contributed by atoms with van der Waals surface area (Å²) in [5, 5.41) is 11.6. The van der Waals surface area contributed by atoms with Crippen LogP contribution < -0.4 is 4.90 Å². The Bertz CT molecular complexity index is 927. The maximum absolute atomic E-state index is 13.1. The zero-order valence-corrected chi connectivity index (χ0v) is 16.5. The summed E-state index contributed by atoms with van der Waals surface area (Å²) in [6, 6.07) is 13.5. The summed E-state index contributed by atoms with van der Waals surface area (Å²) in [6.45, 7) is 1.09. The number of rotatable bonds is 6. The van der Waals surface area contributed by atoms with Gasteiger partial charge in [-0.05, 0) is 32.3 Å². The molecule has 0 aliphatic heterocycles. The first-order valence-corrected chi connectivity index (χ1v) is 8.84. The van der Waals surface area contributed by atoms with Crippen molar-refractivity contribution < 1.29 is 9.72 Å². The molecule has 0 unspecified atom stereocenters. The second kappa shape index (κ2) is 8.90. The molecule has 0 aliphatic carbocycles. The lowest BCUT2D eigenvalue weighted by Gasteiger charge is -2.22. The molecular formula is C18H19ClN4O3S. The quantitative estimate of drug-likeness (QED) is 0.459. The number of carbonyl (C=O) groups excluding carboxylic acids is 1. The van der Waals surface area contributed by atoms with E-state index in [1.165, 1.54) is 29.5 Å². The van der Waals surface area contributed by atoms with Gasteiger partial charge in [0.2, 0.25) is 0 Å². The molecule has 0 spiro atoms. The maximum Gasteiger partial charge on any atom is 0.270 e. The Morgan fingerprint density at radius 2 is 1.89 bits per heavy atom. The highest BCUT2D eigenvalue weighted by Gasteiger charge is 2.22. The molecule has 3 aromatic rings. The van der Waals surface area contributed by atoms with E-state index in [-0.39, 0.29) is 29.6 Å². The molecule has 0 saturated carbocycles. The molecule has 0 bridgehead atoms. The fourth-order valence-electron chi connectivity index (χ4n) is 2.47. The van der Waals surface area contributed by atoms with Crippen molar-refractivity contribution in [3.05, 3.63) is 64.2 Å². The molecule has 0 aliphatic rings. The van der Waals surface area contributed by atoms with E-state index >= 15 is 0 Å². The summed E-state index contributed by atoms with van der Waals surface area (Å²) in [6.07, 6.45) is 0. The van der Waals surface area contributed by atoms with Crippen molar-refractivity contribution in [2.45, 2.75) is 0 Å². The summed E-state index contributed by atoms with van der Waals surface area (Å²) < 4.78 is 0.990. The molecule has 7 nitrogen and oxygen atoms in total. The molecule has 0 fully saturated rings. The standard InChI is InChI=1S/C18H18N4O3S.ClH/c1-20(2)10-11-21(18-19-15-8-3-4-9-16(15)26-18)17(23)13-6-5-7-14(12-13)22(24)25;/h3-9,12H,10-11H2,1-2H3;1H. The van der Waals surface area contributed by atoms with Crippen molar-refractivity contribution in [3.8, 4) is 0 Å². The molecular weight excluding hydrogens is 388 g/mol. The number of halogens is 1. The number of anilines is 1. The van der Waals surface area contributed by atoms with Gasteiger partial charge in [-0.25, -0.2) is 4.98 Å². The van der Waals surface area contributed by atoms with Crippen LogP contribution in [0.5, 0.6) is 0 Å². The van der Waals surface area contributed by atoms with Crippen molar-refractivity contribution in [1.29, 1.82) is 0 Å². The SMILES string of the molecule is CN(C)CCN(C(=O)c1cccc([N+](=O)[O-])c1)c1nc2ccccc2s1.Cl. The van der Waals surface area contributed by atoms with Crippen molar-refractivity contribution >= 4 is 50.7 Å². The van der Waals surface area contributed by atoms with Gasteiger partial charge in [0.1, 0.15) is 0 Å². The minimum Gasteiger partial charge on any atom is -0.308 e. The molecule has 9 heteroatoms. The van der Waals surface area contributed by atoms with Crippen LogP contribution in [0.15, 0.2) is 48.5 Å². The lowest BCUT2D eigenvalue weighted by Crippen LogP contribution is -2.36. The first-order valence-electron chi connectivity index (χ1n) is 8.02. The number of benzene rings is 2. The Morgan fingerprint density at radius 3 is 2.56 bits per heavy atom. The molecule has 0 atom stereocenters. The number of non-ortho nitro benzene ring substituents is 1. The molecule has 1 heterocycles. The highest BCUT2D eigenvalue weighted by Crippen LogP contribution is 2.29. The average Bonchev–Trinajstić information content (AvgIpc) is 3.05. The first kappa shape index (κ1) is 20.8. The van der Waals surface area contributed by atoms with Crippen LogP contribution in [-0.4, -0.2) is 47.9 Å². The average molecular weight is 407 g/mol. The van der Waals surface area contributed by atoms with Crippen LogP contribution in [0.2, 0.25) is 0 Å². The van der Waals surface area contributed by atoms with Crippen LogP contribution in [-0.2, 0) is 0 Å². The summed E-state index contributed by atoms with van der Waals surface area (Å²) in [5.74, 6) is -0.297. The lowest BCUT2D eigenvalue weighted by molar-refractivity contribution is -0.384. The minimum absolute atomic E-state index is 0. The van der Waals surface area contributed by atoms with E-state index < -0.39 is 4.92 Å². The van der Waals surface area contributed by atoms with Crippen LogP contribution >= 0.6 is 23.7 Å². The topological polar surface area (TPSA) is 79.6 Å². The normalized spacial score (nSPS) is 10.6. The van der Waals surface area contributed by atoms with Crippen molar-refractivity contribution in [3.63, 3.8) is 0 Å². The molecule has 142 valence electrons. The van der Waals surface area contributed by atoms with Gasteiger partial charge in [-0.1, -0.05) is 29.5 Å². The second-order valence-electron chi connectivity index (χ2n) is 6.03. The molecule has 27 heavy (non-hydrogen) atoms. The molecule has 2 aromatic carbocycles. The Kier molecular flexibility index (Phi) is 6.84. The van der Waals surface area contributed by atoms with E-state index in [0.29, 0.717) is 18.2 Å². The van der Waals surface area contributed by atoms with E-state index in [1.807, 2.05) is 43.3 Å². The molecule has 3 rings (SSSR count). The van der Waals surface area contributed by atoms with Gasteiger partial charge in [0, 0.05) is 30.8 Å². The summed E-state index contributed by atoms with van der Waals surface area (Å²) in [4.78, 5) is 31.7. The molecule has 0 radical (unpaired) electrons. The van der Waals surface area contributed by atoms with E-state index in [4.69, 9.17) is 0 Å². The van der Waals surface area contributed by atoms with Gasteiger partial charge in [0.25, 0.3) is 11.6 Å². The Hall–Kier alpha value is -2.55. The lowest BCUT2D eigenvalue weighted by atomic mass is 10.2. The van der Waals surface area contributed by atoms with Crippen LogP contribution in [0, 0.1) is 10.1 Å². The Labute approximate surface area is 166 Å². The van der Waals surface area contributed by atoms with Crippen LogP contribution in [0.25, 0.3) is 10.2 Å². The molecule has 1 amide bonds. The third-order valence-corrected chi connectivity index (χ3v) is 4.89. The van der Waals surface area contributed by atoms with Gasteiger partial charge in [0.05, 0.1) is 15.1 Å². The van der Waals surface area contributed by atoms with Gasteiger partial charge in [0.15, 0.2) is 5.13 Å². The summed E-state index contributed by atoms with van der Waals surface area (Å²) in [5.41, 5.74) is 0.999. The first-order chi connectivity index (χ1) is 12.5. The third kappa shape index (κ3) is 4.79. The number of likely N-dealkylation sites (N-methyl/N-ethyl adjacent to an activating group) is 1. The maximum atomic E-state index is 13.1. The second-order valence-corrected chi connectivity index (χ2v) is 7.04. The van der Waals surface area contributed by atoms with Crippen LogP contribution in [0.1, 0.15) is 10.4 Å². The van der Waals surface area contributed by atoms with E-state index in [1.54, 1.807) is 11.0 Å². The predicted octanol–water partition coefficient (Wildman–Crippen LogP) is 3.83. The number of aromatic nitrogens is 1. The Morgan fingerprint density at radius 1 is 1.15 bits per heavy atom. The van der Waals surface area contributed by atoms with E-state index in [0.717, 1.165) is 10.2 Å².